The largest absolute Gasteiger partial charge is 0.396 e. The zero-order valence-corrected chi connectivity index (χ0v) is 8.71. The molecule has 0 fully saturated rings. The molecule has 0 rings (SSSR count). The maximum Gasteiger partial charge on any atom is 0.316 e. The lowest BCUT2D eigenvalue weighted by Gasteiger charge is -2.12. The maximum absolute atomic E-state index is 11.0. The van der Waals surface area contributed by atoms with Crippen molar-refractivity contribution in [2.75, 3.05) is 27.2 Å². The SMILES string of the molecule is CC(CO)CCCNC(=O)N(C)C. The number of aliphatic hydroxyl groups is 1. The summed E-state index contributed by atoms with van der Waals surface area (Å²) in [7, 11) is 3.43. The molecular weight excluding hydrogens is 168 g/mol. The van der Waals surface area contributed by atoms with E-state index in [1.54, 1.807) is 14.1 Å². The highest BCUT2D eigenvalue weighted by molar-refractivity contribution is 5.73. The van der Waals surface area contributed by atoms with Crippen molar-refractivity contribution in [1.29, 1.82) is 0 Å². The summed E-state index contributed by atoms with van der Waals surface area (Å²) >= 11 is 0. The van der Waals surface area contributed by atoms with Crippen molar-refractivity contribution in [3.8, 4) is 0 Å². The Labute approximate surface area is 79.9 Å². The van der Waals surface area contributed by atoms with Crippen LogP contribution in [0.2, 0.25) is 0 Å². The van der Waals surface area contributed by atoms with Crippen molar-refractivity contribution >= 4 is 6.03 Å². The predicted molar refractivity (Wildman–Crippen MR) is 52.6 cm³/mol. The molecule has 13 heavy (non-hydrogen) atoms. The highest BCUT2D eigenvalue weighted by Gasteiger charge is 2.02. The van der Waals surface area contributed by atoms with Gasteiger partial charge in [0.25, 0.3) is 0 Å². The molecule has 1 atom stereocenters. The summed E-state index contributed by atoms with van der Waals surface area (Å²) in [6, 6.07) is -0.0587. The normalized spacial score (nSPS) is 12.3. The molecule has 0 saturated heterocycles. The minimum Gasteiger partial charge on any atom is -0.396 e. The van der Waals surface area contributed by atoms with Gasteiger partial charge in [0.05, 0.1) is 0 Å². The van der Waals surface area contributed by atoms with E-state index in [0.29, 0.717) is 12.5 Å². The van der Waals surface area contributed by atoms with Gasteiger partial charge in [-0.1, -0.05) is 6.92 Å². The number of amides is 2. The Bertz CT molecular complexity index is 149. The van der Waals surface area contributed by atoms with Crippen LogP contribution >= 0.6 is 0 Å². The second-order valence-electron chi connectivity index (χ2n) is 3.56. The first-order valence-corrected chi connectivity index (χ1v) is 4.64. The third-order valence-electron chi connectivity index (χ3n) is 1.87. The second kappa shape index (κ2) is 6.71. The fourth-order valence-electron chi connectivity index (χ4n) is 0.895. The van der Waals surface area contributed by atoms with Crippen LogP contribution in [0.15, 0.2) is 0 Å². The summed E-state index contributed by atoms with van der Waals surface area (Å²) in [6.07, 6.45) is 1.87. The Kier molecular flexibility index (Phi) is 6.32. The van der Waals surface area contributed by atoms with Crippen molar-refractivity contribution < 1.29 is 9.90 Å². The standard InChI is InChI=1S/C9H20N2O2/c1-8(7-12)5-4-6-10-9(13)11(2)3/h8,12H,4-7H2,1-3H3,(H,10,13). The van der Waals surface area contributed by atoms with Gasteiger partial charge in [0.15, 0.2) is 0 Å². The first-order valence-electron chi connectivity index (χ1n) is 4.64. The van der Waals surface area contributed by atoms with Crippen LogP contribution in [0.4, 0.5) is 4.79 Å². The van der Waals surface area contributed by atoms with Gasteiger partial charge in [0.1, 0.15) is 0 Å². The van der Waals surface area contributed by atoms with Crippen LogP contribution in [0.3, 0.4) is 0 Å². The fraction of sp³-hybridized carbons (Fsp3) is 0.889. The number of urea groups is 1. The van der Waals surface area contributed by atoms with E-state index in [1.807, 2.05) is 6.92 Å². The average molecular weight is 188 g/mol. The first kappa shape index (κ1) is 12.2. The number of aliphatic hydroxyl groups excluding tert-OH is 1. The van der Waals surface area contributed by atoms with Gasteiger partial charge in [-0.05, 0) is 18.8 Å². The van der Waals surface area contributed by atoms with Crippen LogP contribution in [0.5, 0.6) is 0 Å². The average Bonchev–Trinajstić information content (AvgIpc) is 2.11. The number of nitrogens with one attached hydrogen (secondary N) is 1. The van der Waals surface area contributed by atoms with Gasteiger partial charge >= 0.3 is 6.03 Å². The van der Waals surface area contributed by atoms with E-state index in [4.69, 9.17) is 5.11 Å². The molecule has 1 unspecified atom stereocenters. The van der Waals surface area contributed by atoms with Crippen LogP contribution in [-0.4, -0.2) is 43.3 Å². The van der Waals surface area contributed by atoms with Gasteiger partial charge in [0.2, 0.25) is 0 Å². The lowest BCUT2D eigenvalue weighted by Crippen LogP contribution is -2.35. The summed E-state index contributed by atoms with van der Waals surface area (Å²) < 4.78 is 0. The van der Waals surface area contributed by atoms with Gasteiger partial charge in [0, 0.05) is 27.2 Å². The van der Waals surface area contributed by atoms with Gasteiger partial charge < -0.3 is 15.3 Å². The number of hydrogen-bond acceptors (Lipinski definition) is 2. The van der Waals surface area contributed by atoms with E-state index in [0.717, 1.165) is 12.8 Å². The van der Waals surface area contributed by atoms with E-state index >= 15 is 0 Å². The molecule has 2 N–H and O–H groups in total. The van der Waals surface area contributed by atoms with Crippen molar-refractivity contribution in [2.24, 2.45) is 5.92 Å². The van der Waals surface area contributed by atoms with Gasteiger partial charge in [-0.15, -0.1) is 0 Å². The summed E-state index contributed by atoms with van der Waals surface area (Å²) in [5, 5.41) is 11.5. The highest BCUT2D eigenvalue weighted by Crippen LogP contribution is 2.02. The Hall–Kier alpha value is -0.770. The fourth-order valence-corrected chi connectivity index (χ4v) is 0.895. The Morgan fingerprint density at radius 2 is 2.15 bits per heavy atom. The molecule has 0 bridgehead atoms. The number of carbonyl (C=O) groups excluding carboxylic acids is 1. The zero-order chi connectivity index (χ0) is 10.3. The molecule has 4 heteroatoms. The molecule has 0 radical (unpaired) electrons. The van der Waals surface area contributed by atoms with Crippen LogP contribution in [-0.2, 0) is 0 Å². The van der Waals surface area contributed by atoms with E-state index in [1.165, 1.54) is 4.90 Å². The Morgan fingerprint density at radius 3 is 2.62 bits per heavy atom. The van der Waals surface area contributed by atoms with E-state index in [2.05, 4.69) is 5.32 Å². The number of hydrogen-bond donors (Lipinski definition) is 2. The summed E-state index contributed by atoms with van der Waals surface area (Å²) in [5.41, 5.74) is 0. The molecule has 0 aromatic rings. The van der Waals surface area contributed by atoms with Crippen LogP contribution in [0.25, 0.3) is 0 Å². The molecule has 0 aliphatic rings. The molecule has 78 valence electrons. The second-order valence-corrected chi connectivity index (χ2v) is 3.56. The van der Waals surface area contributed by atoms with Crippen LogP contribution < -0.4 is 5.32 Å². The molecular formula is C9H20N2O2. The van der Waals surface area contributed by atoms with Crippen molar-refractivity contribution in [3.05, 3.63) is 0 Å². The zero-order valence-electron chi connectivity index (χ0n) is 8.71. The molecule has 4 nitrogen and oxygen atoms in total. The molecule has 0 saturated carbocycles. The van der Waals surface area contributed by atoms with Crippen molar-refractivity contribution in [1.82, 2.24) is 10.2 Å². The number of carbonyl (C=O) groups is 1. The molecule has 0 spiro atoms. The molecule has 0 aromatic heterocycles. The van der Waals surface area contributed by atoms with Crippen molar-refractivity contribution in [2.45, 2.75) is 19.8 Å². The van der Waals surface area contributed by atoms with Crippen LogP contribution in [0, 0.1) is 5.92 Å². The molecule has 0 heterocycles. The smallest absolute Gasteiger partial charge is 0.316 e. The molecule has 0 aromatic carbocycles. The van der Waals surface area contributed by atoms with Crippen molar-refractivity contribution in [3.63, 3.8) is 0 Å². The van der Waals surface area contributed by atoms with Gasteiger partial charge in [-0.2, -0.15) is 0 Å². The molecule has 0 aliphatic heterocycles. The Morgan fingerprint density at radius 1 is 1.54 bits per heavy atom. The summed E-state index contributed by atoms with van der Waals surface area (Å²) in [4.78, 5) is 12.5. The minimum absolute atomic E-state index is 0.0587. The van der Waals surface area contributed by atoms with E-state index in [-0.39, 0.29) is 12.6 Å². The van der Waals surface area contributed by atoms with Gasteiger partial charge in [-0.25, -0.2) is 4.79 Å². The monoisotopic (exact) mass is 188 g/mol. The Balaban J connectivity index is 3.31. The lowest BCUT2D eigenvalue weighted by atomic mass is 10.1. The number of nitrogens with zero attached hydrogens (tertiary/aromatic N) is 1. The quantitative estimate of drug-likeness (QED) is 0.623. The maximum atomic E-state index is 11.0. The molecule has 2 amide bonds. The lowest BCUT2D eigenvalue weighted by molar-refractivity contribution is 0.214. The highest BCUT2D eigenvalue weighted by atomic mass is 16.3. The summed E-state index contributed by atoms with van der Waals surface area (Å²) in [6.45, 7) is 2.90. The number of rotatable bonds is 5. The summed E-state index contributed by atoms with van der Waals surface area (Å²) in [5.74, 6) is 0.330. The van der Waals surface area contributed by atoms with Gasteiger partial charge in [-0.3, -0.25) is 0 Å². The van der Waals surface area contributed by atoms with E-state index in [9.17, 15) is 4.79 Å². The third kappa shape index (κ3) is 6.40. The predicted octanol–water partition coefficient (Wildman–Crippen LogP) is 0.666. The molecule has 0 aliphatic carbocycles. The van der Waals surface area contributed by atoms with Crippen LogP contribution in [0.1, 0.15) is 19.8 Å². The third-order valence-corrected chi connectivity index (χ3v) is 1.87. The first-order chi connectivity index (χ1) is 6.07. The topological polar surface area (TPSA) is 52.6 Å². The van der Waals surface area contributed by atoms with E-state index < -0.39 is 0 Å². The minimum atomic E-state index is -0.0587.